The normalized spacial score (nSPS) is 18.4. The van der Waals surface area contributed by atoms with Gasteiger partial charge in [-0.25, -0.2) is 13.1 Å². The van der Waals surface area contributed by atoms with Gasteiger partial charge >= 0.3 is 0 Å². The van der Waals surface area contributed by atoms with E-state index in [0.29, 0.717) is 32.5 Å². The summed E-state index contributed by atoms with van der Waals surface area (Å²) in [5.74, 6) is 0.141. The third-order valence-electron chi connectivity index (χ3n) is 3.98. The summed E-state index contributed by atoms with van der Waals surface area (Å²) in [6, 6.07) is 8.22. The van der Waals surface area contributed by atoms with Crippen LogP contribution >= 0.6 is 0 Å². The van der Waals surface area contributed by atoms with Crippen molar-refractivity contribution in [2.75, 3.05) is 33.7 Å². The highest BCUT2D eigenvalue weighted by Gasteiger charge is 2.29. The van der Waals surface area contributed by atoms with Gasteiger partial charge in [0.2, 0.25) is 10.0 Å². The van der Waals surface area contributed by atoms with E-state index in [1.165, 1.54) is 22.7 Å². The van der Waals surface area contributed by atoms with Crippen LogP contribution in [-0.4, -0.2) is 59.2 Å². The Kier molecular flexibility index (Phi) is 5.79. The minimum Gasteiger partial charge on any atom is -0.211 e. The van der Waals surface area contributed by atoms with E-state index in [1.54, 1.807) is 30.3 Å². The smallest absolute Gasteiger partial charge is 0.211 e. The van der Waals surface area contributed by atoms with Crippen molar-refractivity contribution in [2.24, 2.45) is 5.92 Å². The standard InChI is InChI=1S/C14H23N3O4S2/c1-16(2)23(20,21)17-10-8-13(9-11-17)12-15-22(18,19)14-6-4-3-5-7-14/h3-7,13,15H,8-12H2,1-2H3. The molecule has 0 radical (unpaired) electrons. The zero-order valence-corrected chi connectivity index (χ0v) is 15.0. The van der Waals surface area contributed by atoms with Gasteiger partial charge in [0.1, 0.15) is 0 Å². The molecule has 1 aliphatic heterocycles. The fourth-order valence-corrected chi connectivity index (χ4v) is 4.76. The molecule has 0 bridgehead atoms. The van der Waals surface area contributed by atoms with Crippen LogP contribution in [0.15, 0.2) is 35.2 Å². The molecule has 23 heavy (non-hydrogen) atoms. The van der Waals surface area contributed by atoms with Gasteiger partial charge in [0, 0.05) is 33.7 Å². The zero-order chi connectivity index (χ0) is 17.1. The van der Waals surface area contributed by atoms with Crippen molar-refractivity contribution in [3.05, 3.63) is 30.3 Å². The Hall–Kier alpha value is -1.00. The fraction of sp³-hybridized carbons (Fsp3) is 0.571. The van der Waals surface area contributed by atoms with Crippen molar-refractivity contribution < 1.29 is 16.8 Å². The first-order chi connectivity index (χ1) is 10.7. The Morgan fingerprint density at radius 2 is 1.65 bits per heavy atom. The summed E-state index contributed by atoms with van der Waals surface area (Å²) in [7, 11) is -3.87. The number of sulfonamides is 1. The van der Waals surface area contributed by atoms with Gasteiger partial charge in [-0.1, -0.05) is 18.2 Å². The van der Waals surface area contributed by atoms with Gasteiger partial charge in [-0.05, 0) is 30.9 Å². The summed E-state index contributed by atoms with van der Waals surface area (Å²) in [5.41, 5.74) is 0. The maximum Gasteiger partial charge on any atom is 0.281 e. The molecule has 1 aromatic carbocycles. The van der Waals surface area contributed by atoms with Crippen LogP contribution < -0.4 is 4.72 Å². The van der Waals surface area contributed by atoms with E-state index in [9.17, 15) is 16.8 Å². The number of nitrogens with zero attached hydrogens (tertiary/aromatic N) is 2. The molecule has 9 heteroatoms. The van der Waals surface area contributed by atoms with Gasteiger partial charge in [0.05, 0.1) is 4.90 Å². The molecule has 1 aromatic rings. The minimum absolute atomic E-state index is 0.141. The van der Waals surface area contributed by atoms with E-state index in [1.807, 2.05) is 0 Å². The van der Waals surface area contributed by atoms with Crippen LogP contribution in [0.1, 0.15) is 12.8 Å². The second kappa shape index (κ2) is 7.27. The highest BCUT2D eigenvalue weighted by atomic mass is 32.2. The largest absolute Gasteiger partial charge is 0.281 e. The Morgan fingerprint density at radius 1 is 1.09 bits per heavy atom. The van der Waals surface area contributed by atoms with Gasteiger partial charge in [-0.3, -0.25) is 0 Å². The van der Waals surface area contributed by atoms with Gasteiger partial charge in [0.25, 0.3) is 10.2 Å². The van der Waals surface area contributed by atoms with Crippen molar-refractivity contribution in [1.82, 2.24) is 13.3 Å². The van der Waals surface area contributed by atoms with E-state index in [4.69, 9.17) is 0 Å². The average molecular weight is 361 g/mol. The molecule has 7 nitrogen and oxygen atoms in total. The van der Waals surface area contributed by atoms with Crippen LogP contribution in [0.3, 0.4) is 0 Å². The van der Waals surface area contributed by atoms with E-state index >= 15 is 0 Å². The van der Waals surface area contributed by atoms with Crippen LogP contribution in [-0.2, 0) is 20.2 Å². The quantitative estimate of drug-likeness (QED) is 0.799. The predicted molar refractivity (Wildman–Crippen MR) is 88.5 cm³/mol. The van der Waals surface area contributed by atoms with E-state index < -0.39 is 20.2 Å². The van der Waals surface area contributed by atoms with E-state index in [-0.39, 0.29) is 10.8 Å². The number of nitrogens with one attached hydrogen (secondary N) is 1. The maximum absolute atomic E-state index is 12.2. The van der Waals surface area contributed by atoms with E-state index in [2.05, 4.69) is 4.72 Å². The second-order valence-corrected chi connectivity index (χ2v) is 9.71. The number of hydrogen-bond acceptors (Lipinski definition) is 4. The lowest BCUT2D eigenvalue weighted by molar-refractivity contribution is 0.263. The molecule has 0 spiro atoms. The summed E-state index contributed by atoms with van der Waals surface area (Å²) in [4.78, 5) is 0.243. The number of hydrogen-bond donors (Lipinski definition) is 1. The first-order valence-electron chi connectivity index (χ1n) is 7.46. The van der Waals surface area contributed by atoms with Crippen molar-refractivity contribution in [2.45, 2.75) is 17.7 Å². The summed E-state index contributed by atoms with van der Waals surface area (Å²) in [6.45, 7) is 1.16. The molecule has 1 fully saturated rings. The minimum atomic E-state index is -3.51. The van der Waals surface area contributed by atoms with E-state index in [0.717, 1.165) is 0 Å². The topological polar surface area (TPSA) is 86.8 Å². The Morgan fingerprint density at radius 3 is 2.17 bits per heavy atom. The zero-order valence-electron chi connectivity index (χ0n) is 13.3. The number of rotatable bonds is 6. The van der Waals surface area contributed by atoms with Crippen LogP contribution in [0.5, 0.6) is 0 Å². The van der Waals surface area contributed by atoms with Crippen LogP contribution in [0, 0.1) is 5.92 Å². The lowest BCUT2D eigenvalue weighted by Crippen LogP contribution is -2.45. The van der Waals surface area contributed by atoms with Crippen LogP contribution in [0.4, 0.5) is 0 Å². The van der Waals surface area contributed by atoms with Crippen molar-refractivity contribution in [3.63, 3.8) is 0 Å². The van der Waals surface area contributed by atoms with Gasteiger partial charge in [0.15, 0.2) is 0 Å². The highest BCUT2D eigenvalue weighted by Crippen LogP contribution is 2.20. The summed E-state index contributed by atoms with van der Waals surface area (Å²) in [5, 5.41) is 0. The summed E-state index contributed by atoms with van der Waals surface area (Å²) in [6.07, 6.45) is 1.29. The van der Waals surface area contributed by atoms with Gasteiger partial charge < -0.3 is 0 Å². The summed E-state index contributed by atoms with van der Waals surface area (Å²) < 4.78 is 53.7. The third kappa shape index (κ3) is 4.51. The molecule has 130 valence electrons. The highest BCUT2D eigenvalue weighted by molar-refractivity contribution is 7.89. The molecule has 1 N–H and O–H groups in total. The molecule has 1 aliphatic rings. The lowest BCUT2D eigenvalue weighted by Gasteiger charge is -2.32. The monoisotopic (exact) mass is 361 g/mol. The molecule has 2 rings (SSSR count). The molecular weight excluding hydrogens is 338 g/mol. The molecule has 0 atom stereocenters. The van der Waals surface area contributed by atoms with Gasteiger partial charge in [-0.15, -0.1) is 0 Å². The first kappa shape index (κ1) is 18.3. The summed E-state index contributed by atoms with van der Waals surface area (Å²) >= 11 is 0. The molecule has 0 aromatic heterocycles. The molecule has 0 amide bonds. The molecular formula is C14H23N3O4S2. The molecule has 0 saturated carbocycles. The SMILES string of the molecule is CN(C)S(=O)(=O)N1CCC(CNS(=O)(=O)c2ccccc2)CC1. The molecule has 0 unspecified atom stereocenters. The molecule has 1 heterocycles. The Labute approximate surface area is 138 Å². The fourth-order valence-electron chi connectivity index (χ4n) is 2.49. The predicted octanol–water partition coefficient (Wildman–Crippen LogP) is 0.483. The van der Waals surface area contributed by atoms with Crippen molar-refractivity contribution in [1.29, 1.82) is 0 Å². The van der Waals surface area contributed by atoms with Crippen molar-refractivity contribution in [3.8, 4) is 0 Å². The number of benzene rings is 1. The van der Waals surface area contributed by atoms with Gasteiger partial charge in [-0.2, -0.15) is 17.0 Å². The molecule has 1 saturated heterocycles. The van der Waals surface area contributed by atoms with Crippen LogP contribution in [0.2, 0.25) is 0 Å². The Balaban J connectivity index is 1.88. The average Bonchev–Trinajstić information content (AvgIpc) is 2.54. The lowest BCUT2D eigenvalue weighted by atomic mass is 9.99. The maximum atomic E-state index is 12.2. The third-order valence-corrected chi connectivity index (χ3v) is 7.36. The van der Waals surface area contributed by atoms with Crippen molar-refractivity contribution >= 4 is 20.2 Å². The first-order valence-corrected chi connectivity index (χ1v) is 10.3. The van der Waals surface area contributed by atoms with Crippen LogP contribution in [0.25, 0.3) is 0 Å². The second-order valence-electron chi connectivity index (χ2n) is 5.80. The molecule has 0 aliphatic carbocycles. The number of piperidine rings is 1. The Bertz CT molecular complexity index is 710.